The Bertz CT molecular complexity index is 698. The predicted octanol–water partition coefficient (Wildman–Crippen LogP) is 4.04. The van der Waals surface area contributed by atoms with E-state index in [0.717, 1.165) is 38.8 Å². The van der Waals surface area contributed by atoms with E-state index in [1.807, 2.05) is 6.07 Å². The quantitative estimate of drug-likeness (QED) is 0.754. The molecule has 0 radical (unpaired) electrons. The van der Waals surface area contributed by atoms with Gasteiger partial charge in [-0.25, -0.2) is 0 Å². The molecular formula is C23H30N2O. The highest BCUT2D eigenvalue weighted by molar-refractivity contribution is 5.76. The van der Waals surface area contributed by atoms with Crippen molar-refractivity contribution in [2.24, 2.45) is 5.92 Å². The summed E-state index contributed by atoms with van der Waals surface area (Å²) in [7, 11) is 0. The van der Waals surface area contributed by atoms with Gasteiger partial charge in [0.05, 0.1) is 0 Å². The smallest absolute Gasteiger partial charge is 0.220 e. The minimum atomic E-state index is 0.178. The van der Waals surface area contributed by atoms with Gasteiger partial charge in [-0.05, 0) is 48.4 Å². The Hall–Kier alpha value is -2.13. The number of carbonyl (C=O) groups excluding carboxylic acids is 1. The number of hydrogen-bond acceptors (Lipinski definition) is 2. The summed E-state index contributed by atoms with van der Waals surface area (Å²) < 4.78 is 0. The zero-order chi connectivity index (χ0) is 18.2. The molecule has 138 valence electrons. The Morgan fingerprint density at radius 1 is 1.15 bits per heavy atom. The zero-order valence-corrected chi connectivity index (χ0v) is 15.7. The van der Waals surface area contributed by atoms with Crippen LogP contribution >= 0.6 is 0 Å². The van der Waals surface area contributed by atoms with Gasteiger partial charge in [0.25, 0.3) is 0 Å². The number of nitrogens with one attached hydrogen (secondary N) is 2. The van der Waals surface area contributed by atoms with E-state index in [0.29, 0.717) is 18.4 Å². The van der Waals surface area contributed by atoms with Crippen LogP contribution in [0, 0.1) is 5.92 Å². The molecule has 0 aromatic heterocycles. The third kappa shape index (κ3) is 5.18. The third-order valence-electron chi connectivity index (χ3n) is 5.39. The molecule has 0 bridgehead atoms. The average molecular weight is 351 g/mol. The maximum atomic E-state index is 12.4. The fourth-order valence-electron chi connectivity index (χ4n) is 3.85. The van der Waals surface area contributed by atoms with Gasteiger partial charge in [0.1, 0.15) is 0 Å². The molecule has 1 heterocycles. The highest BCUT2D eigenvalue weighted by Gasteiger charge is 2.19. The Labute approximate surface area is 157 Å². The van der Waals surface area contributed by atoms with E-state index < -0.39 is 0 Å². The highest BCUT2D eigenvalue weighted by atomic mass is 16.1. The van der Waals surface area contributed by atoms with Crippen molar-refractivity contribution in [3.05, 3.63) is 71.3 Å². The molecule has 0 saturated heterocycles. The van der Waals surface area contributed by atoms with Crippen molar-refractivity contribution >= 4 is 5.91 Å². The highest BCUT2D eigenvalue weighted by Crippen LogP contribution is 2.24. The number of benzene rings is 2. The Kier molecular flexibility index (Phi) is 6.84. The number of carbonyl (C=O) groups is 1. The lowest BCUT2D eigenvalue weighted by atomic mass is 9.92. The summed E-state index contributed by atoms with van der Waals surface area (Å²) in [5.41, 5.74) is 4.15. The van der Waals surface area contributed by atoms with E-state index in [2.05, 4.69) is 66.1 Å². The molecule has 0 spiro atoms. The summed E-state index contributed by atoms with van der Waals surface area (Å²) in [6.45, 7) is 3.92. The Morgan fingerprint density at radius 2 is 1.92 bits per heavy atom. The van der Waals surface area contributed by atoms with Crippen LogP contribution in [-0.2, 0) is 17.6 Å². The van der Waals surface area contributed by atoms with Gasteiger partial charge in [-0.1, -0.05) is 67.9 Å². The molecule has 0 aliphatic carbocycles. The molecule has 26 heavy (non-hydrogen) atoms. The fourth-order valence-corrected chi connectivity index (χ4v) is 3.85. The van der Waals surface area contributed by atoms with Crippen LogP contribution < -0.4 is 10.6 Å². The molecule has 0 saturated carbocycles. The van der Waals surface area contributed by atoms with E-state index in [9.17, 15) is 4.79 Å². The Morgan fingerprint density at radius 3 is 2.73 bits per heavy atom. The first-order valence-electron chi connectivity index (χ1n) is 9.88. The number of fused-ring (bicyclic) bond motifs is 1. The predicted molar refractivity (Wildman–Crippen MR) is 107 cm³/mol. The van der Waals surface area contributed by atoms with Crippen molar-refractivity contribution in [2.75, 3.05) is 13.1 Å². The molecule has 0 fully saturated rings. The second-order valence-electron chi connectivity index (χ2n) is 7.26. The van der Waals surface area contributed by atoms with Gasteiger partial charge in [-0.2, -0.15) is 0 Å². The van der Waals surface area contributed by atoms with E-state index in [1.165, 1.54) is 16.7 Å². The molecule has 3 heteroatoms. The van der Waals surface area contributed by atoms with Gasteiger partial charge in [-0.15, -0.1) is 0 Å². The molecule has 1 amide bonds. The first-order chi connectivity index (χ1) is 12.8. The summed E-state index contributed by atoms with van der Waals surface area (Å²) in [6.07, 6.45) is 4.65. The van der Waals surface area contributed by atoms with Crippen LogP contribution in [0.4, 0.5) is 0 Å². The van der Waals surface area contributed by atoms with Crippen LogP contribution in [0.15, 0.2) is 54.6 Å². The number of rotatable bonds is 8. The topological polar surface area (TPSA) is 41.1 Å². The maximum Gasteiger partial charge on any atom is 0.220 e. The minimum Gasteiger partial charge on any atom is -0.356 e. The summed E-state index contributed by atoms with van der Waals surface area (Å²) in [6, 6.07) is 19.5. The summed E-state index contributed by atoms with van der Waals surface area (Å²) in [5.74, 6) is 0.586. The molecule has 2 aromatic carbocycles. The number of amides is 1. The molecule has 1 aliphatic heterocycles. The van der Waals surface area contributed by atoms with Gasteiger partial charge in [0.2, 0.25) is 5.91 Å². The lowest BCUT2D eigenvalue weighted by Crippen LogP contribution is -2.34. The van der Waals surface area contributed by atoms with Gasteiger partial charge in [-0.3, -0.25) is 4.79 Å². The van der Waals surface area contributed by atoms with Gasteiger partial charge >= 0.3 is 0 Å². The first-order valence-corrected chi connectivity index (χ1v) is 9.88. The van der Waals surface area contributed by atoms with E-state index in [-0.39, 0.29) is 5.91 Å². The molecule has 2 atom stereocenters. The van der Waals surface area contributed by atoms with E-state index in [1.54, 1.807) is 0 Å². The third-order valence-corrected chi connectivity index (χ3v) is 5.39. The lowest BCUT2D eigenvalue weighted by Gasteiger charge is -2.27. The van der Waals surface area contributed by atoms with Crippen molar-refractivity contribution in [2.45, 2.75) is 45.1 Å². The Balaban J connectivity index is 1.44. The van der Waals surface area contributed by atoms with Crippen LogP contribution in [0.5, 0.6) is 0 Å². The summed E-state index contributed by atoms with van der Waals surface area (Å²) >= 11 is 0. The van der Waals surface area contributed by atoms with Crippen LogP contribution in [-0.4, -0.2) is 19.0 Å². The monoisotopic (exact) mass is 350 g/mol. The first kappa shape index (κ1) is 18.7. The summed E-state index contributed by atoms with van der Waals surface area (Å²) in [5, 5.41) is 6.71. The van der Waals surface area contributed by atoms with Crippen molar-refractivity contribution < 1.29 is 4.79 Å². The van der Waals surface area contributed by atoms with Crippen LogP contribution in [0.1, 0.15) is 48.9 Å². The standard InChI is InChI=1S/C23H30N2O/c1-2-18(16-19-8-4-3-5-9-19)17-23(26)25-15-13-22-21-11-7-6-10-20(21)12-14-24-22/h3-11,18,22,24H,2,12-17H2,1H3,(H,25,26). The number of hydrogen-bond donors (Lipinski definition) is 2. The van der Waals surface area contributed by atoms with Crippen molar-refractivity contribution in [1.82, 2.24) is 10.6 Å². The van der Waals surface area contributed by atoms with E-state index >= 15 is 0 Å². The normalized spacial score (nSPS) is 17.3. The lowest BCUT2D eigenvalue weighted by molar-refractivity contribution is -0.122. The average Bonchev–Trinajstić information content (AvgIpc) is 2.68. The molecule has 3 nitrogen and oxygen atoms in total. The van der Waals surface area contributed by atoms with Gasteiger partial charge in [0, 0.05) is 19.0 Å². The summed E-state index contributed by atoms with van der Waals surface area (Å²) in [4.78, 5) is 12.4. The van der Waals surface area contributed by atoms with Gasteiger partial charge < -0.3 is 10.6 Å². The van der Waals surface area contributed by atoms with Crippen LogP contribution in [0.25, 0.3) is 0 Å². The minimum absolute atomic E-state index is 0.178. The van der Waals surface area contributed by atoms with Crippen molar-refractivity contribution in [3.63, 3.8) is 0 Å². The second-order valence-corrected chi connectivity index (χ2v) is 7.26. The molecule has 1 aliphatic rings. The van der Waals surface area contributed by atoms with Crippen molar-refractivity contribution in [1.29, 1.82) is 0 Å². The van der Waals surface area contributed by atoms with Gasteiger partial charge in [0.15, 0.2) is 0 Å². The SMILES string of the molecule is CCC(CC(=O)NCCC1NCCc2ccccc21)Cc1ccccc1. The zero-order valence-electron chi connectivity index (χ0n) is 15.7. The molecule has 2 unspecified atom stereocenters. The van der Waals surface area contributed by atoms with E-state index in [4.69, 9.17) is 0 Å². The molecule has 2 aromatic rings. The van der Waals surface area contributed by atoms with Crippen LogP contribution in [0.2, 0.25) is 0 Å². The molecular weight excluding hydrogens is 320 g/mol. The molecule has 3 rings (SSSR count). The maximum absolute atomic E-state index is 12.4. The second kappa shape index (κ2) is 9.54. The largest absolute Gasteiger partial charge is 0.356 e. The van der Waals surface area contributed by atoms with Crippen molar-refractivity contribution in [3.8, 4) is 0 Å². The molecule has 2 N–H and O–H groups in total. The fraction of sp³-hybridized carbons (Fsp3) is 0.435. The van der Waals surface area contributed by atoms with Crippen LogP contribution in [0.3, 0.4) is 0 Å².